The first-order valence-corrected chi connectivity index (χ1v) is 14.0. The fraction of sp³-hybridized carbons (Fsp3) is 0. The number of nitrogens with one attached hydrogen (secondary N) is 3. The largest absolute Gasteiger partial charge is 0.322 e. The summed E-state index contributed by atoms with van der Waals surface area (Å²) in [6.45, 7) is 0. The number of carbonyl (C=O) groups excluding carboxylic acids is 1. The molecule has 0 heterocycles. The molecule has 4 rings (SSSR count). The SMILES string of the molecule is O=C(Nc1ccc(S(=O)(=O)Nc2ccc(F)cc2)cc1)c1ccc(NS(=O)(=O)c2ccccc2)c(Cl)c1. The summed E-state index contributed by atoms with van der Waals surface area (Å²) in [4.78, 5) is 12.7. The van der Waals surface area contributed by atoms with Gasteiger partial charge in [-0.2, -0.15) is 0 Å². The molecule has 0 bridgehead atoms. The number of hydrogen-bond acceptors (Lipinski definition) is 5. The number of anilines is 3. The summed E-state index contributed by atoms with van der Waals surface area (Å²) in [5, 5.41) is 2.63. The summed E-state index contributed by atoms with van der Waals surface area (Å²) in [6.07, 6.45) is 0. The lowest BCUT2D eigenvalue weighted by Gasteiger charge is -2.12. The molecule has 0 aliphatic rings. The summed E-state index contributed by atoms with van der Waals surface area (Å²) in [5.41, 5.74) is 0.772. The number of halogens is 2. The van der Waals surface area contributed by atoms with E-state index in [0.29, 0.717) is 5.69 Å². The smallest absolute Gasteiger partial charge is 0.261 e. The van der Waals surface area contributed by atoms with Crippen LogP contribution in [0.5, 0.6) is 0 Å². The molecule has 0 aromatic heterocycles. The Balaban J connectivity index is 1.43. The Morgan fingerprint density at radius 1 is 0.676 bits per heavy atom. The van der Waals surface area contributed by atoms with E-state index in [1.807, 2.05) is 0 Å². The second kappa shape index (κ2) is 10.6. The molecule has 0 unspecified atom stereocenters. The van der Waals surface area contributed by atoms with E-state index < -0.39 is 31.8 Å². The van der Waals surface area contributed by atoms with Crippen molar-refractivity contribution in [3.8, 4) is 0 Å². The van der Waals surface area contributed by atoms with E-state index in [9.17, 15) is 26.0 Å². The molecule has 0 spiro atoms. The molecule has 0 saturated heterocycles. The highest BCUT2D eigenvalue weighted by atomic mass is 35.5. The van der Waals surface area contributed by atoms with E-state index in [1.165, 1.54) is 66.7 Å². The molecular weight excluding hydrogens is 541 g/mol. The number of amides is 1. The number of rotatable bonds is 8. The van der Waals surface area contributed by atoms with Crippen LogP contribution < -0.4 is 14.8 Å². The number of carbonyl (C=O) groups is 1. The van der Waals surface area contributed by atoms with Gasteiger partial charge in [-0.15, -0.1) is 0 Å². The number of hydrogen-bond donors (Lipinski definition) is 3. The van der Waals surface area contributed by atoms with Gasteiger partial charge in [0.15, 0.2) is 0 Å². The predicted molar refractivity (Wildman–Crippen MR) is 140 cm³/mol. The Kier molecular flexibility index (Phi) is 7.48. The van der Waals surface area contributed by atoms with Crippen LogP contribution in [0.25, 0.3) is 0 Å². The van der Waals surface area contributed by atoms with Crippen LogP contribution in [0.3, 0.4) is 0 Å². The lowest BCUT2D eigenvalue weighted by molar-refractivity contribution is 0.102. The summed E-state index contributed by atoms with van der Waals surface area (Å²) >= 11 is 6.21. The molecule has 0 fully saturated rings. The van der Waals surface area contributed by atoms with Crippen molar-refractivity contribution in [1.82, 2.24) is 0 Å². The van der Waals surface area contributed by atoms with Crippen LogP contribution in [0, 0.1) is 5.82 Å². The van der Waals surface area contributed by atoms with Gasteiger partial charge in [-0.1, -0.05) is 29.8 Å². The van der Waals surface area contributed by atoms with Crippen LogP contribution in [0.1, 0.15) is 10.4 Å². The lowest BCUT2D eigenvalue weighted by Crippen LogP contribution is -2.15. The third-order valence-electron chi connectivity index (χ3n) is 5.05. The van der Waals surface area contributed by atoms with Gasteiger partial charge in [-0.05, 0) is 78.9 Å². The normalized spacial score (nSPS) is 11.5. The molecule has 4 aromatic carbocycles. The second-order valence-corrected chi connectivity index (χ2v) is 11.5. The van der Waals surface area contributed by atoms with Crippen molar-refractivity contribution in [1.29, 1.82) is 0 Å². The van der Waals surface area contributed by atoms with Crippen molar-refractivity contribution in [2.24, 2.45) is 0 Å². The molecule has 190 valence electrons. The highest BCUT2D eigenvalue weighted by molar-refractivity contribution is 7.93. The fourth-order valence-corrected chi connectivity index (χ4v) is 5.64. The summed E-state index contributed by atoms with van der Waals surface area (Å²) in [5.74, 6) is -1.04. The molecule has 4 aromatic rings. The molecule has 0 atom stereocenters. The highest BCUT2D eigenvalue weighted by Crippen LogP contribution is 2.26. The minimum absolute atomic E-state index is 0.0143. The molecule has 0 radical (unpaired) electrons. The first-order chi connectivity index (χ1) is 17.5. The van der Waals surface area contributed by atoms with Gasteiger partial charge in [-0.3, -0.25) is 14.2 Å². The van der Waals surface area contributed by atoms with Gasteiger partial charge in [0, 0.05) is 16.9 Å². The minimum atomic E-state index is -3.93. The van der Waals surface area contributed by atoms with E-state index >= 15 is 0 Å². The summed E-state index contributed by atoms with van der Waals surface area (Å²) in [6, 6.07) is 22.1. The maximum atomic E-state index is 13.0. The Morgan fingerprint density at radius 3 is 1.86 bits per heavy atom. The van der Waals surface area contributed by atoms with E-state index in [-0.39, 0.29) is 31.8 Å². The first kappa shape index (κ1) is 26.1. The van der Waals surface area contributed by atoms with Gasteiger partial charge in [0.25, 0.3) is 26.0 Å². The second-order valence-electron chi connectivity index (χ2n) is 7.70. The van der Waals surface area contributed by atoms with Gasteiger partial charge >= 0.3 is 0 Å². The molecular formula is C25H19ClFN3O5S2. The van der Waals surface area contributed by atoms with E-state index in [1.54, 1.807) is 18.2 Å². The number of sulfonamides is 2. The van der Waals surface area contributed by atoms with Crippen LogP contribution >= 0.6 is 11.6 Å². The first-order valence-electron chi connectivity index (χ1n) is 10.6. The third-order valence-corrected chi connectivity index (χ3v) is 8.14. The van der Waals surface area contributed by atoms with Crippen LogP contribution in [-0.2, 0) is 20.0 Å². The lowest BCUT2D eigenvalue weighted by atomic mass is 10.2. The molecule has 8 nitrogen and oxygen atoms in total. The Labute approximate surface area is 218 Å². The van der Waals surface area contributed by atoms with Crippen molar-refractivity contribution in [3.05, 3.63) is 113 Å². The van der Waals surface area contributed by atoms with Crippen molar-refractivity contribution in [2.75, 3.05) is 14.8 Å². The molecule has 3 N–H and O–H groups in total. The highest BCUT2D eigenvalue weighted by Gasteiger charge is 2.18. The third kappa shape index (κ3) is 6.45. The summed E-state index contributed by atoms with van der Waals surface area (Å²) < 4.78 is 67.9. The standard InChI is InChI=1S/C25H19ClFN3O5S2/c26-23-16-17(6-15-24(23)30-37(34,35)21-4-2-1-3-5-21)25(31)28-19-11-13-22(14-12-19)36(32,33)29-20-9-7-18(27)8-10-20/h1-16,29-30H,(H,28,31). The average Bonchev–Trinajstić information content (AvgIpc) is 2.87. The van der Waals surface area contributed by atoms with Gasteiger partial charge < -0.3 is 5.32 Å². The molecule has 0 aliphatic heterocycles. The average molecular weight is 560 g/mol. The zero-order chi connectivity index (χ0) is 26.6. The molecule has 0 aliphatic carbocycles. The zero-order valence-electron chi connectivity index (χ0n) is 18.9. The van der Waals surface area contributed by atoms with Crippen molar-refractivity contribution < 1.29 is 26.0 Å². The Hall–Kier alpha value is -3.93. The zero-order valence-corrected chi connectivity index (χ0v) is 21.2. The van der Waals surface area contributed by atoms with E-state index in [0.717, 1.165) is 12.1 Å². The molecule has 37 heavy (non-hydrogen) atoms. The summed E-state index contributed by atoms with van der Waals surface area (Å²) in [7, 11) is -7.79. The Bertz CT molecular complexity index is 1650. The fourth-order valence-electron chi connectivity index (χ4n) is 3.20. The van der Waals surface area contributed by atoms with Crippen molar-refractivity contribution in [2.45, 2.75) is 9.79 Å². The topological polar surface area (TPSA) is 121 Å². The quantitative estimate of drug-likeness (QED) is 0.269. The van der Waals surface area contributed by atoms with E-state index in [2.05, 4.69) is 14.8 Å². The van der Waals surface area contributed by atoms with Crippen LogP contribution in [-0.4, -0.2) is 22.7 Å². The minimum Gasteiger partial charge on any atom is -0.322 e. The predicted octanol–water partition coefficient (Wildman–Crippen LogP) is 5.33. The van der Waals surface area contributed by atoms with Gasteiger partial charge in [0.1, 0.15) is 5.82 Å². The molecule has 0 saturated carbocycles. The van der Waals surface area contributed by atoms with Crippen LogP contribution in [0.15, 0.2) is 107 Å². The molecule has 12 heteroatoms. The van der Waals surface area contributed by atoms with Gasteiger partial charge in [-0.25, -0.2) is 21.2 Å². The van der Waals surface area contributed by atoms with Crippen molar-refractivity contribution in [3.63, 3.8) is 0 Å². The molecule has 1 amide bonds. The van der Waals surface area contributed by atoms with Gasteiger partial charge in [0.05, 0.1) is 20.5 Å². The Morgan fingerprint density at radius 2 is 1.24 bits per heavy atom. The number of benzene rings is 4. The monoisotopic (exact) mass is 559 g/mol. The van der Waals surface area contributed by atoms with Gasteiger partial charge in [0.2, 0.25) is 0 Å². The maximum absolute atomic E-state index is 13.0. The van der Waals surface area contributed by atoms with Crippen LogP contribution in [0.2, 0.25) is 5.02 Å². The van der Waals surface area contributed by atoms with E-state index in [4.69, 9.17) is 11.6 Å². The van der Waals surface area contributed by atoms with Crippen LogP contribution in [0.4, 0.5) is 21.5 Å². The van der Waals surface area contributed by atoms with Crippen molar-refractivity contribution >= 4 is 54.6 Å². The maximum Gasteiger partial charge on any atom is 0.261 e.